The van der Waals surface area contributed by atoms with Gasteiger partial charge in [-0.3, -0.25) is 0 Å². The summed E-state index contributed by atoms with van der Waals surface area (Å²) in [5.41, 5.74) is 4.14. The van der Waals surface area contributed by atoms with E-state index in [-0.39, 0.29) is 38.5 Å². The SMILES string of the molecule is CCCOc1[c-]cc(/C=C/c2ccc(/C=C/c3cc(OC)c(OCCC)c(OC)c3)cc2)cc1OC.[CH3-].[U+2]. The van der Waals surface area contributed by atoms with E-state index in [1.165, 1.54) is 0 Å². The Balaban J connectivity index is 0.00000361. The molecule has 0 bridgehead atoms. The topological polar surface area (TPSA) is 46.2 Å². The van der Waals surface area contributed by atoms with Crippen molar-refractivity contribution in [2.45, 2.75) is 26.7 Å². The van der Waals surface area contributed by atoms with Gasteiger partial charge in [0.2, 0.25) is 5.75 Å². The average molecular weight is 741 g/mol. The fourth-order valence-corrected chi connectivity index (χ4v) is 3.49. The second kappa shape index (κ2) is 17.7. The summed E-state index contributed by atoms with van der Waals surface area (Å²) in [5.74, 6) is 3.27. The normalized spacial score (nSPS) is 10.6. The molecule has 0 N–H and O–H groups in total. The molecule has 0 radical (unpaired) electrons. The third-order valence-corrected chi connectivity index (χ3v) is 5.37. The summed E-state index contributed by atoms with van der Waals surface area (Å²) < 4.78 is 28.0. The van der Waals surface area contributed by atoms with Crippen LogP contribution >= 0.6 is 0 Å². The number of methoxy groups -OCH3 is 3. The Morgan fingerprint density at radius 2 is 1.08 bits per heavy atom. The largest absolute Gasteiger partial charge is 2.00 e. The van der Waals surface area contributed by atoms with Crippen LogP contribution in [-0.2, 0) is 0 Å². The predicted octanol–water partition coefficient (Wildman–Crippen LogP) is 7.88. The molecule has 0 saturated heterocycles. The van der Waals surface area contributed by atoms with Gasteiger partial charge in [-0.2, -0.15) is 6.07 Å². The molecule has 3 aromatic rings. The van der Waals surface area contributed by atoms with Crippen LogP contribution in [0.5, 0.6) is 28.7 Å². The summed E-state index contributed by atoms with van der Waals surface area (Å²) >= 11 is 0. The van der Waals surface area contributed by atoms with E-state index in [9.17, 15) is 0 Å². The van der Waals surface area contributed by atoms with Gasteiger partial charge in [-0.15, -0.1) is 23.8 Å². The Morgan fingerprint density at radius 3 is 1.58 bits per heavy atom. The van der Waals surface area contributed by atoms with Gasteiger partial charge in [0, 0.05) is 11.5 Å². The van der Waals surface area contributed by atoms with Gasteiger partial charge in [0.1, 0.15) is 0 Å². The van der Waals surface area contributed by atoms with Crippen LogP contribution in [0.15, 0.2) is 48.5 Å². The quantitative estimate of drug-likeness (QED) is 0.132. The predicted molar refractivity (Wildman–Crippen MR) is 154 cm³/mol. The van der Waals surface area contributed by atoms with E-state index in [1.54, 1.807) is 21.3 Å². The van der Waals surface area contributed by atoms with Gasteiger partial charge in [0.05, 0.1) is 34.5 Å². The molecule has 3 aromatic carbocycles. The van der Waals surface area contributed by atoms with Crippen molar-refractivity contribution >= 4 is 24.3 Å². The maximum absolute atomic E-state index is 5.82. The van der Waals surface area contributed by atoms with Gasteiger partial charge in [-0.05, 0) is 41.7 Å². The van der Waals surface area contributed by atoms with E-state index < -0.39 is 0 Å². The standard InChI is InChI=1S/C31H35O5.CH3.U/c1-6-18-35-27-17-16-25(20-28(27)32-3)14-12-23-8-10-24(11-9-23)13-15-26-21-29(33-4)31(36-19-7-2)30(22-26)34-5;;/h8-16,20-22H,6-7,18-19H2,1-5H3;1H3;/q2*-1;+2/b14-12+,15-13+;;. The summed E-state index contributed by atoms with van der Waals surface area (Å²) in [7, 11) is 4.91. The van der Waals surface area contributed by atoms with Gasteiger partial charge in [-0.1, -0.05) is 56.3 Å². The molecule has 0 aliphatic rings. The first kappa shape index (κ1) is 33.2. The number of benzene rings is 3. The van der Waals surface area contributed by atoms with E-state index >= 15 is 0 Å². The second-order valence-corrected chi connectivity index (χ2v) is 8.12. The Morgan fingerprint density at radius 1 is 0.632 bits per heavy atom. The van der Waals surface area contributed by atoms with Crippen LogP contribution < -0.4 is 23.7 Å². The number of hydrogen-bond donors (Lipinski definition) is 0. The smallest absolute Gasteiger partial charge is 0.551 e. The first-order valence-electron chi connectivity index (χ1n) is 12.2. The number of ether oxygens (including phenoxy) is 5. The third kappa shape index (κ3) is 9.49. The third-order valence-electron chi connectivity index (χ3n) is 5.37. The summed E-state index contributed by atoms with van der Waals surface area (Å²) in [6, 6.07) is 19.3. The summed E-state index contributed by atoms with van der Waals surface area (Å²) in [6.07, 6.45) is 10.0. The maximum Gasteiger partial charge on any atom is 2.00 e. The molecule has 0 aromatic heterocycles. The molecule has 0 spiro atoms. The molecule has 0 fully saturated rings. The van der Waals surface area contributed by atoms with Gasteiger partial charge < -0.3 is 31.1 Å². The minimum absolute atomic E-state index is 0. The molecule has 38 heavy (non-hydrogen) atoms. The molecule has 0 unspecified atom stereocenters. The molecule has 6 heteroatoms. The number of hydrogen-bond acceptors (Lipinski definition) is 5. The van der Waals surface area contributed by atoms with Gasteiger partial charge in [0.25, 0.3) is 0 Å². The molecule has 0 aliphatic carbocycles. The van der Waals surface area contributed by atoms with E-state index in [4.69, 9.17) is 23.7 Å². The van der Waals surface area contributed by atoms with Crippen molar-refractivity contribution < 1.29 is 54.8 Å². The summed E-state index contributed by atoms with van der Waals surface area (Å²) in [6.45, 7) is 5.38. The van der Waals surface area contributed by atoms with Crippen molar-refractivity contribution in [2.24, 2.45) is 0 Å². The molecule has 0 aliphatic heterocycles. The first-order chi connectivity index (χ1) is 17.6. The minimum atomic E-state index is 0. The van der Waals surface area contributed by atoms with Crippen molar-refractivity contribution in [1.82, 2.24) is 0 Å². The zero-order valence-corrected chi connectivity index (χ0v) is 27.5. The minimum Gasteiger partial charge on any atom is -0.551 e. The van der Waals surface area contributed by atoms with E-state index in [2.05, 4.69) is 56.3 Å². The Kier molecular flexibility index (Phi) is 15.4. The van der Waals surface area contributed by atoms with Gasteiger partial charge in [0.15, 0.2) is 11.5 Å². The molecular formula is C32H38O5U. The van der Waals surface area contributed by atoms with Crippen LogP contribution in [0.25, 0.3) is 24.3 Å². The molecule has 0 heterocycles. The van der Waals surface area contributed by atoms with Crippen LogP contribution in [-0.4, -0.2) is 34.5 Å². The molecular weight excluding hydrogens is 702 g/mol. The Labute approximate surface area is 252 Å². The van der Waals surface area contributed by atoms with Crippen LogP contribution in [0.3, 0.4) is 0 Å². The van der Waals surface area contributed by atoms with E-state index in [1.807, 2.05) is 36.4 Å². The van der Waals surface area contributed by atoms with E-state index in [0.717, 1.165) is 35.1 Å². The maximum atomic E-state index is 5.82. The fraction of sp³-hybridized carbons (Fsp3) is 0.281. The number of rotatable bonds is 13. The van der Waals surface area contributed by atoms with Crippen LogP contribution in [0.2, 0.25) is 0 Å². The first-order valence-corrected chi connectivity index (χ1v) is 12.2. The van der Waals surface area contributed by atoms with Crippen molar-refractivity contribution in [1.29, 1.82) is 0 Å². The monoisotopic (exact) mass is 740 g/mol. The zero-order valence-electron chi connectivity index (χ0n) is 23.3. The van der Waals surface area contributed by atoms with Gasteiger partial charge in [-0.25, -0.2) is 0 Å². The molecule has 0 amide bonds. The Hall–Kier alpha value is -2.81. The molecule has 0 atom stereocenters. The molecule has 3 rings (SSSR count). The van der Waals surface area contributed by atoms with Crippen molar-refractivity contribution in [3.8, 4) is 28.7 Å². The Bertz CT molecular complexity index is 1140. The molecule has 200 valence electrons. The van der Waals surface area contributed by atoms with Crippen molar-refractivity contribution in [2.75, 3.05) is 34.5 Å². The summed E-state index contributed by atoms with van der Waals surface area (Å²) in [5, 5.41) is 0. The van der Waals surface area contributed by atoms with Crippen LogP contribution in [0, 0.1) is 44.6 Å². The zero-order chi connectivity index (χ0) is 25.8. The summed E-state index contributed by atoms with van der Waals surface area (Å²) in [4.78, 5) is 0. The fourth-order valence-electron chi connectivity index (χ4n) is 3.49. The van der Waals surface area contributed by atoms with Gasteiger partial charge >= 0.3 is 31.1 Å². The van der Waals surface area contributed by atoms with E-state index in [0.29, 0.717) is 42.0 Å². The van der Waals surface area contributed by atoms with Crippen molar-refractivity contribution in [3.05, 3.63) is 84.3 Å². The van der Waals surface area contributed by atoms with Crippen LogP contribution in [0.4, 0.5) is 0 Å². The van der Waals surface area contributed by atoms with Crippen LogP contribution in [0.1, 0.15) is 48.9 Å². The molecule has 5 nitrogen and oxygen atoms in total. The molecule has 0 saturated carbocycles. The second-order valence-electron chi connectivity index (χ2n) is 8.12. The van der Waals surface area contributed by atoms with Crippen molar-refractivity contribution in [3.63, 3.8) is 0 Å². The average Bonchev–Trinajstić information content (AvgIpc) is 2.93.